The minimum absolute atomic E-state index is 0.223. The molecule has 5 nitrogen and oxygen atoms in total. The third-order valence-electron chi connectivity index (χ3n) is 3.93. The summed E-state index contributed by atoms with van der Waals surface area (Å²) in [5.74, 6) is 1.15. The van der Waals surface area contributed by atoms with E-state index in [-0.39, 0.29) is 5.97 Å². The molecule has 0 unspecified atom stereocenters. The van der Waals surface area contributed by atoms with Gasteiger partial charge in [0.25, 0.3) is 0 Å². The molecule has 0 saturated heterocycles. The van der Waals surface area contributed by atoms with Gasteiger partial charge in [0.15, 0.2) is 0 Å². The fourth-order valence-electron chi connectivity index (χ4n) is 2.69. The largest absolute Gasteiger partial charge is 0.632 e. The summed E-state index contributed by atoms with van der Waals surface area (Å²) in [4.78, 5) is 11.8. The summed E-state index contributed by atoms with van der Waals surface area (Å²) < 4.78 is 17.1. The Bertz CT molecular complexity index is 827. The van der Waals surface area contributed by atoms with Crippen molar-refractivity contribution in [2.75, 3.05) is 11.9 Å². The standard InChI is InChI=1S/C21H24BNO4/c1-5-15-6-8-16(9-7-15)22-26-18-11-10-17(14-19(18)27-22)23-13-12-20(24)25-21(2,3)4/h5-11,14,23H,1,12-13H2,2-4H3. The molecule has 1 aliphatic rings. The van der Waals surface area contributed by atoms with Crippen molar-refractivity contribution in [3.63, 3.8) is 0 Å². The lowest BCUT2D eigenvalue weighted by Crippen LogP contribution is -2.38. The number of fused-ring (bicyclic) bond motifs is 1. The van der Waals surface area contributed by atoms with Gasteiger partial charge in [-0.25, -0.2) is 0 Å². The molecular formula is C21H24BNO4. The van der Waals surface area contributed by atoms with Crippen molar-refractivity contribution >= 4 is 30.3 Å². The van der Waals surface area contributed by atoms with E-state index in [1.54, 1.807) is 6.08 Å². The SMILES string of the molecule is C=Cc1ccc(B2Oc3ccc(NCCC(=O)OC(C)(C)C)cc3O2)cc1. The highest BCUT2D eigenvalue weighted by Crippen LogP contribution is 2.35. The molecule has 3 rings (SSSR count). The van der Waals surface area contributed by atoms with E-state index in [1.807, 2.05) is 63.2 Å². The fourth-order valence-corrected chi connectivity index (χ4v) is 2.69. The Morgan fingerprint density at radius 3 is 2.52 bits per heavy atom. The molecule has 1 N–H and O–H groups in total. The molecule has 1 heterocycles. The quantitative estimate of drug-likeness (QED) is 0.626. The van der Waals surface area contributed by atoms with E-state index in [4.69, 9.17) is 14.0 Å². The highest BCUT2D eigenvalue weighted by molar-refractivity contribution is 6.63. The summed E-state index contributed by atoms with van der Waals surface area (Å²) in [6.45, 7) is 9.82. The predicted molar refractivity (Wildman–Crippen MR) is 109 cm³/mol. The van der Waals surface area contributed by atoms with Gasteiger partial charge in [0.05, 0.1) is 6.42 Å². The van der Waals surface area contributed by atoms with Gasteiger partial charge in [0.2, 0.25) is 0 Å². The van der Waals surface area contributed by atoms with Crippen molar-refractivity contribution in [2.45, 2.75) is 32.8 Å². The van der Waals surface area contributed by atoms with Gasteiger partial charge in [-0.3, -0.25) is 4.79 Å². The zero-order valence-electron chi connectivity index (χ0n) is 16.0. The number of ether oxygens (including phenoxy) is 1. The Hall–Kier alpha value is -2.89. The van der Waals surface area contributed by atoms with Crippen LogP contribution in [-0.2, 0) is 9.53 Å². The molecule has 0 spiro atoms. The third-order valence-corrected chi connectivity index (χ3v) is 3.93. The summed E-state index contributed by atoms with van der Waals surface area (Å²) >= 11 is 0. The van der Waals surface area contributed by atoms with Crippen LogP contribution in [0.3, 0.4) is 0 Å². The highest BCUT2D eigenvalue weighted by Gasteiger charge is 2.34. The number of rotatable bonds is 6. The first kappa shape index (κ1) is 18.9. The maximum absolute atomic E-state index is 11.8. The molecule has 140 valence electrons. The molecule has 6 heteroatoms. The van der Waals surface area contributed by atoms with Crippen LogP contribution in [-0.4, -0.2) is 25.2 Å². The number of esters is 1. The Morgan fingerprint density at radius 1 is 1.15 bits per heavy atom. The van der Waals surface area contributed by atoms with E-state index in [0.29, 0.717) is 24.5 Å². The van der Waals surface area contributed by atoms with E-state index in [1.165, 1.54) is 0 Å². The van der Waals surface area contributed by atoms with Crippen molar-refractivity contribution in [3.05, 3.63) is 54.6 Å². The Kier molecular flexibility index (Phi) is 5.45. The summed E-state index contributed by atoms with van der Waals surface area (Å²) in [7, 11) is -0.462. The van der Waals surface area contributed by atoms with Crippen LogP contribution in [0, 0.1) is 0 Å². The number of hydrogen-bond acceptors (Lipinski definition) is 5. The van der Waals surface area contributed by atoms with Gasteiger partial charge in [0, 0.05) is 23.8 Å². The van der Waals surface area contributed by atoms with Crippen LogP contribution in [0.2, 0.25) is 0 Å². The second-order valence-electron chi connectivity index (χ2n) is 7.36. The van der Waals surface area contributed by atoms with Crippen molar-refractivity contribution in [1.82, 2.24) is 0 Å². The van der Waals surface area contributed by atoms with E-state index >= 15 is 0 Å². The molecule has 1 aliphatic heterocycles. The topological polar surface area (TPSA) is 56.8 Å². The maximum atomic E-state index is 11.8. The monoisotopic (exact) mass is 365 g/mol. The first-order valence-corrected chi connectivity index (χ1v) is 8.99. The normalized spacial score (nSPS) is 12.6. The molecule has 0 amide bonds. The fraction of sp³-hybridized carbons (Fsp3) is 0.286. The lowest BCUT2D eigenvalue weighted by atomic mass is 9.79. The molecule has 0 radical (unpaired) electrons. The van der Waals surface area contributed by atoms with Gasteiger partial charge >= 0.3 is 13.1 Å². The van der Waals surface area contributed by atoms with Crippen LogP contribution in [0.15, 0.2) is 49.0 Å². The minimum Gasteiger partial charge on any atom is -0.519 e. The van der Waals surface area contributed by atoms with Gasteiger partial charge < -0.3 is 19.4 Å². The van der Waals surface area contributed by atoms with Crippen LogP contribution >= 0.6 is 0 Å². The molecule has 0 bridgehead atoms. The first-order valence-electron chi connectivity index (χ1n) is 8.99. The average Bonchev–Trinajstić information content (AvgIpc) is 3.03. The molecule has 0 fully saturated rings. The molecule has 0 saturated carbocycles. The summed E-state index contributed by atoms with van der Waals surface area (Å²) in [6, 6.07) is 13.5. The van der Waals surface area contributed by atoms with E-state index in [2.05, 4.69) is 11.9 Å². The number of nitrogens with one attached hydrogen (secondary N) is 1. The minimum atomic E-state index is -0.464. The number of carbonyl (C=O) groups excluding carboxylic acids is 1. The van der Waals surface area contributed by atoms with Gasteiger partial charge in [-0.15, -0.1) is 0 Å². The number of carbonyl (C=O) groups is 1. The summed E-state index contributed by atoms with van der Waals surface area (Å²) in [5.41, 5.74) is 2.39. The molecule has 2 aromatic carbocycles. The molecule has 0 atom stereocenters. The zero-order valence-corrected chi connectivity index (χ0v) is 16.0. The average molecular weight is 365 g/mol. The van der Waals surface area contributed by atoms with Crippen molar-refractivity contribution in [3.8, 4) is 11.5 Å². The first-order chi connectivity index (χ1) is 12.8. The predicted octanol–water partition coefficient (Wildman–Crippen LogP) is 3.64. The van der Waals surface area contributed by atoms with Crippen LogP contribution in [0.5, 0.6) is 11.5 Å². The molecule has 2 aromatic rings. The molecule has 0 aliphatic carbocycles. The zero-order chi connectivity index (χ0) is 19.4. The van der Waals surface area contributed by atoms with Crippen LogP contribution in [0.25, 0.3) is 6.08 Å². The third kappa shape index (κ3) is 5.06. The lowest BCUT2D eigenvalue weighted by molar-refractivity contribution is -0.154. The lowest BCUT2D eigenvalue weighted by Gasteiger charge is -2.19. The van der Waals surface area contributed by atoms with Gasteiger partial charge in [-0.05, 0) is 38.5 Å². The van der Waals surface area contributed by atoms with Crippen LogP contribution < -0.4 is 20.1 Å². The smallest absolute Gasteiger partial charge is 0.519 e. The Morgan fingerprint density at radius 2 is 1.85 bits per heavy atom. The van der Waals surface area contributed by atoms with Crippen molar-refractivity contribution in [1.29, 1.82) is 0 Å². The summed E-state index contributed by atoms with van der Waals surface area (Å²) in [6.07, 6.45) is 2.09. The number of hydrogen-bond donors (Lipinski definition) is 1. The molecular weight excluding hydrogens is 341 g/mol. The van der Waals surface area contributed by atoms with Gasteiger partial charge in [-0.1, -0.05) is 36.9 Å². The highest BCUT2D eigenvalue weighted by atomic mass is 16.6. The second-order valence-corrected chi connectivity index (χ2v) is 7.36. The number of benzene rings is 2. The second kappa shape index (κ2) is 7.78. The molecule has 27 heavy (non-hydrogen) atoms. The van der Waals surface area contributed by atoms with Crippen molar-refractivity contribution < 1.29 is 18.8 Å². The van der Waals surface area contributed by atoms with Crippen LogP contribution in [0.1, 0.15) is 32.8 Å². The maximum Gasteiger partial charge on any atom is 0.632 e. The van der Waals surface area contributed by atoms with Gasteiger partial charge in [-0.2, -0.15) is 0 Å². The number of anilines is 1. The Labute approximate surface area is 160 Å². The molecule has 0 aromatic heterocycles. The van der Waals surface area contributed by atoms with E-state index in [0.717, 1.165) is 16.7 Å². The van der Waals surface area contributed by atoms with Crippen molar-refractivity contribution in [2.24, 2.45) is 0 Å². The van der Waals surface area contributed by atoms with Crippen LogP contribution in [0.4, 0.5) is 5.69 Å². The van der Waals surface area contributed by atoms with E-state index < -0.39 is 12.7 Å². The van der Waals surface area contributed by atoms with Gasteiger partial charge in [0.1, 0.15) is 17.1 Å². The summed E-state index contributed by atoms with van der Waals surface area (Å²) in [5, 5.41) is 3.21. The Balaban J connectivity index is 1.56. The van der Waals surface area contributed by atoms with E-state index in [9.17, 15) is 4.79 Å².